The van der Waals surface area contributed by atoms with Crippen molar-refractivity contribution in [2.75, 3.05) is 7.11 Å². The van der Waals surface area contributed by atoms with E-state index in [9.17, 15) is 9.59 Å². The van der Waals surface area contributed by atoms with E-state index in [0.717, 1.165) is 34.2 Å². The smallest absolute Gasteiger partial charge is 0.269 e. The van der Waals surface area contributed by atoms with E-state index in [4.69, 9.17) is 33.3 Å². The number of hydrogen-bond donors (Lipinski definition) is 0. The normalized spacial score (nSPS) is 14.5. The van der Waals surface area contributed by atoms with Crippen molar-refractivity contribution < 1.29 is 14.3 Å². The third kappa shape index (κ3) is 5.05. The number of ether oxygens (including phenoxy) is 2. The van der Waals surface area contributed by atoms with Gasteiger partial charge in [0, 0.05) is 11.2 Å². The van der Waals surface area contributed by atoms with Gasteiger partial charge >= 0.3 is 0 Å². The number of hydrogen-bond acceptors (Lipinski definition) is 7. The van der Waals surface area contributed by atoms with Crippen molar-refractivity contribution >= 4 is 57.5 Å². The SMILES string of the molecule is COc1ccc(CN2C(=O)/C(=C\c3c(Oc4ccc(Cl)c(C)c4)nc4c(C)cccn4c3=O)SC2=S)cc1. The molecule has 0 N–H and O–H groups in total. The number of pyridine rings is 1. The summed E-state index contributed by atoms with van der Waals surface area (Å²) < 4.78 is 13.1. The quantitative estimate of drug-likeness (QED) is 0.205. The molecule has 0 saturated carbocycles. The van der Waals surface area contributed by atoms with E-state index < -0.39 is 0 Å². The summed E-state index contributed by atoms with van der Waals surface area (Å²) in [5, 5.41) is 0.598. The Morgan fingerprint density at radius 1 is 1.05 bits per heavy atom. The van der Waals surface area contributed by atoms with Gasteiger partial charge in [0.25, 0.3) is 11.5 Å². The molecule has 0 radical (unpaired) electrons. The van der Waals surface area contributed by atoms with Gasteiger partial charge in [-0.25, -0.2) is 0 Å². The minimum atomic E-state index is -0.361. The summed E-state index contributed by atoms with van der Waals surface area (Å²) in [6, 6.07) is 16.2. The maximum Gasteiger partial charge on any atom is 0.269 e. The summed E-state index contributed by atoms with van der Waals surface area (Å²) in [6.07, 6.45) is 3.15. The lowest BCUT2D eigenvalue weighted by Crippen LogP contribution is -2.27. The first-order valence-corrected chi connectivity index (χ1v) is 13.2. The molecule has 2 aromatic heterocycles. The molecule has 0 aliphatic carbocycles. The van der Waals surface area contributed by atoms with Crippen LogP contribution in [0.25, 0.3) is 11.7 Å². The van der Waals surface area contributed by atoms with E-state index in [1.807, 2.05) is 44.2 Å². The molecule has 0 bridgehead atoms. The van der Waals surface area contributed by atoms with Crippen molar-refractivity contribution in [1.82, 2.24) is 14.3 Å². The van der Waals surface area contributed by atoms with Gasteiger partial charge in [0.15, 0.2) is 0 Å². The van der Waals surface area contributed by atoms with Crippen LogP contribution >= 0.6 is 35.6 Å². The summed E-state index contributed by atoms with van der Waals surface area (Å²) >= 11 is 12.8. The fraction of sp³-hybridized carbons (Fsp3) is 0.143. The molecule has 1 amide bonds. The van der Waals surface area contributed by atoms with Crippen molar-refractivity contribution in [3.63, 3.8) is 0 Å². The number of thiocarbonyl (C=S) groups is 1. The highest BCUT2D eigenvalue weighted by Crippen LogP contribution is 2.35. The molecule has 5 rings (SSSR count). The van der Waals surface area contributed by atoms with Crippen LogP contribution in [0.3, 0.4) is 0 Å². The monoisotopic (exact) mass is 563 g/mol. The summed E-state index contributed by atoms with van der Waals surface area (Å²) in [7, 11) is 1.60. The zero-order valence-corrected chi connectivity index (χ0v) is 23.1. The topological polar surface area (TPSA) is 73.1 Å². The number of aryl methyl sites for hydroxylation is 2. The first kappa shape index (κ1) is 26.0. The van der Waals surface area contributed by atoms with Gasteiger partial charge in [-0.05, 0) is 73.0 Å². The van der Waals surface area contributed by atoms with Crippen molar-refractivity contribution in [1.29, 1.82) is 0 Å². The Hall–Kier alpha value is -3.66. The molecule has 0 unspecified atom stereocenters. The minimum absolute atomic E-state index is 0.0893. The van der Waals surface area contributed by atoms with Gasteiger partial charge in [0.05, 0.1) is 18.6 Å². The van der Waals surface area contributed by atoms with Crippen LogP contribution in [-0.4, -0.2) is 31.6 Å². The predicted molar refractivity (Wildman–Crippen MR) is 154 cm³/mol. The number of rotatable bonds is 6. The third-order valence-corrected chi connectivity index (χ3v) is 7.84. The van der Waals surface area contributed by atoms with Crippen LogP contribution in [0.2, 0.25) is 5.02 Å². The van der Waals surface area contributed by atoms with E-state index in [0.29, 0.717) is 32.2 Å². The molecule has 1 aliphatic rings. The van der Waals surface area contributed by atoms with Crippen LogP contribution < -0.4 is 15.0 Å². The number of amides is 1. The molecule has 7 nitrogen and oxygen atoms in total. The second kappa shape index (κ2) is 10.6. The van der Waals surface area contributed by atoms with Crippen LogP contribution in [0.5, 0.6) is 17.4 Å². The van der Waals surface area contributed by atoms with Gasteiger partial charge in [-0.2, -0.15) is 4.98 Å². The van der Waals surface area contributed by atoms with E-state index >= 15 is 0 Å². The van der Waals surface area contributed by atoms with Gasteiger partial charge in [0.1, 0.15) is 27.0 Å². The average Bonchev–Trinajstić information content (AvgIpc) is 3.17. The van der Waals surface area contributed by atoms with Gasteiger partial charge in [-0.15, -0.1) is 0 Å². The number of carbonyl (C=O) groups excluding carboxylic acids is 1. The van der Waals surface area contributed by atoms with Crippen LogP contribution in [0.4, 0.5) is 0 Å². The van der Waals surface area contributed by atoms with E-state index in [1.54, 1.807) is 37.6 Å². The molecule has 1 saturated heterocycles. The van der Waals surface area contributed by atoms with Crippen LogP contribution in [0.15, 0.2) is 70.5 Å². The van der Waals surface area contributed by atoms with Crippen LogP contribution in [0.1, 0.15) is 22.3 Å². The Labute approximate surface area is 233 Å². The highest BCUT2D eigenvalue weighted by Gasteiger charge is 2.33. The molecule has 0 spiro atoms. The summed E-state index contributed by atoms with van der Waals surface area (Å²) in [4.78, 5) is 33.5. The molecular formula is C28H22ClN3O4S2. The number of aromatic nitrogens is 2. The summed E-state index contributed by atoms with van der Waals surface area (Å²) in [5.74, 6) is 0.990. The summed E-state index contributed by atoms with van der Waals surface area (Å²) in [6.45, 7) is 4.02. The highest BCUT2D eigenvalue weighted by molar-refractivity contribution is 8.26. The lowest BCUT2D eigenvalue weighted by Gasteiger charge is -2.15. The molecule has 1 fully saturated rings. The fourth-order valence-electron chi connectivity index (χ4n) is 3.97. The molecule has 10 heteroatoms. The van der Waals surface area contributed by atoms with Crippen molar-refractivity contribution in [2.45, 2.75) is 20.4 Å². The number of benzene rings is 2. The fourth-order valence-corrected chi connectivity index (χ4v) is 5.32. The number of nitrogens with zero attached hydrogens (tertiary/aromatic N) is 3. The van der Waals surface area contributed by atoms with Crippen molar-refractivity contribution in [2.24, 2.45) is 0 Å². The molecule has 2 aromatic carbocycles. The van der Waals surface area contributed by atoms with Gasteiger partial charge in [-0.1, -0.05) is 53.8 Å². The second-order valence-electron chi connectivity index (χ2n) is 8.65. The van der Waals surface area contributed by atoms with Crippen molar-refractivity contribution in [3.8, 4) is 17.4 Å². The van der Waals surface area contributed by atoms with E-state index in [1.165, 1.54) is 15.4 Å². The first-order valence-electron chi connectivity index (χ1n) is 11.6. The number of methoxy groups -OCH3 is 1. The maximum atomic E-state index is 13.6. The minimum Gasteiger partial charge on any atom is -0.497 e. The van der Waals surface area contributed by atoms with Crippen molar-refractivity contribution in [3.05, 3.63) is 103 Å². The molecule has 192 valence electrons. The molecule has 3 heterocycles. The van der Waals surface area contributed by atoms with E-state index in [-0.39, 0.29) is 22.9 Å². The standard InChI is InChI=1S/C28H22ClN3O4S2/c1-16-5-4-12-31-24(16)30-25(36-20-10-11-22(29)17(2)13-20)21(26(31)33)14-23-27(34)32(28(37)38-23)15-18-6-8-19(35-3)9-7-18/h4-14H,15H2,1-3H3/b23-14+. The maximum absolute atomic E-state index is 13.6. The number of fused-ring (bicyclic) bond motifs is 1. The number of carbonyl (C=O) groups is 1. The Morgan fingerprint density at radius 2 is 1.79 bits per heavy atom. The Balaban J connectivity index is 1.55. The van der Waals surface area contributed by atoms with E-state index in [2.05, 4.69) is 4.98 Å². The molecular weight excluding hydrogens is 542 g/mol. The van der Waals surface area contributed by atoms with Crippen LogP contribution in [0, 0.1) is 13.8 Å². The predicted octanol–water partition coefficient (Wildman–Crippen LogP) is 6.17. The molecule has 4 aromatic rings. The number of halogens is 1. The molecule has 38 heavy (non-hydrogen) atoms. The largest absolute Gasteiger partial charge is 0.497 e. The molecule has 0 atom stereocenters. The Bertz CT molecular complexity index is 1680. The Kier molecular flexibility index (Phi) is 7.25. The lowest BCUT2D eigenvalue weighted by atomic mass is 10.2. The summed E-state index contributed by atoms with van der Waals surface area (Å²) in [5.41, 5.74) is 2.76. The number of thioether (sulfide) groups is 1. The second-order valence-corrected chi connectivity index (χ2v) is 10.7. The zero-order valence-electron chi connectivity index (χ0n) is 20.7. The third-order valence-electron chi connectivity index (χ3n) is 6.04. The molecule has 1 aliphatic heterocycles. The zero-order chi connectivity index (χ0) is 27.0. The highest BCUT2D eigenvalue weighted by atomic mass is 35.5. The first-order chi connectivity index (χ1) is 18.2. The average molecular weight is 564 g/mol. The van der Waals surface area contributed by atoms with Gasteiger partial charge in [-0.3, -0.25) is 18.9 Å². The van der Waals surface area contributed by atoms with Crippen LogP contribution in [-0.2, 0) is 11.3 Å². The Morgan fingerprint density at radius 3 is 2.50 bits per heavy atom. The van der Waals surface area contributed by atoms with Gasteiger partial charge in [0.2, 0.25) is 5.88 Å². The lowest BCUT2D eigenvalue weighted by molar-refractivity contribution is -0.122. The van der Waals surface area contributed by atoms with Gasteiger partial charge < -0.3 is 9.47 Å².